The van der Waals surface area contributed by atoms with Crippen molar-refractivity contribution >= 4 is 34.7 Å². The average Bonchev–Trinajstić information content (AvgIpc) is 2.43. The molecule has 0 spiro atoms. The summed E-state index contributed by atoms with van der Waals surface area (Å²) in [4.78, 5) is 88.9. The maximum atomic E-state index is 11.1. The Balaban J connectivity index is 5.21. The first-order valence-corrected chi connectivity index (χ1v) is 13.1. The number of carbonyl (C=O) groups excluding carboxylic acids is 2. The molecule has 0 rings (SSSR count). The van der Waals surface area contributed by atoms with Crippen LogP contribution in [0.25, 0.3) is 0 Å². The van der Waals surface area contributed by atoms with E-state index >= 15 is 0 Å². The Morgan fingerprint density at radius 1 is 0.533 bits per heavy atom. The highest BCUT2D eigenvalue weighted by Crippen LogP contribution is 2.27. The van der Waals surface area contributed by atoms with Crippen molar-refractivity contribution in [3.63, 3.8) is 0 Å². The Hall–Kier alpha value is -0.730. The number of carbonyl (C=O) groups is 2. The average molecular weight is 493 g/mol. The predicted octanol–water partition coefficient (Wildman–Crippen LogP) is -8.99. The highest BCUT2D eigenvalue weighted by atomic mass is 31.2. The van der Waals surface area contributed by atoms with E-state index in [-0.39, 0.29) is 0 Å². The van der Waals surface area contributed by atoms with E-state index in [4.69, 9.17) is 0 Å². The molecule has 0 aliphatic heterocycles. The van der Waals surface area contributed by atoms with Crippen LogP contribution in [0.2, 0.25) is 0 Å². The van der Waals surface area contributed by atoms with E-state index in [1.807, 2.05) is 0 Å². The maximum Gasteiger partial charge on any atom is 0.0555 e. The van der Waals surface area contributed by atoms with Crippen LogP contribution in [0.5, 0.6) is 0 Å². The van der Waals surface area contributed by atoms with Crippen LogP contribution in [0.4, 0.5) is 0 Å². The first kappa shape index (κ1) is 29.3. The molecule has 30 heavy (non-hydrogen) atoms. The number of carboxylic acid groups (broad SMARTS) is 2. The Kier molecular flexibility index (Phi) is 12.0. The molecule has 0 saturated carbocycles. The van der Waals surface area contributed by atoms with Crippen molar-refractivity contribution < 1.29 is 62.9 Å². The number of hydrogen-bond donors (Lipinski definition) is 0. The fourth-order valence-corrected chi connectivity index (χ4v) is 4.55. The van der Waals surface area contributed by atoms with Crippen LogP contribution < -0.4 is 39.6 Å². The van der Waals surface area contributed by atoms with E-state index in [9.17, 15) is 62.9 Å². The van der Waals surface area contributed by atoms with Gasteiger partial charge in [-0.25, -0.2) is 0 Å². The zero-order chi connectivity index (χ0) is 23.8. The second-order valence-electron chi connectivity index (χ2n) is 6.22. The molecule has 16 nitrogen and oxygen atoms in total. The molecule has 0 aromatic carbocycles. The number of carboxylic acids is 2. The van der Waals surface area contributed by atoms with Crippen molar-refractivity contribution in [2.45, 2.75) is 0 Å². The minimum absolute atomic E-state index is 0.479. The van der Waals surface area contributed by atoms with Crippen LogP contribution in [0.15, 0.2) is 0 Å². The minimum atomic E-state index is -5.20. The summed E-state index contributed by atoms with van der Waals surface area (Å²) in [7, 11) is -15.6. The lowest BCUT2D eigenvalue weighted by Crippen LogP contribution is -2.47. The molecular formula is C11H18N3O13P3-8. The fourth-order valence-electron chi connectivity index (χ4n) is 2.32. The van der Waals surface area contributed by atoms with Gasteiger partial charge in [0.05, 0.1) is 11.9 Å². The monoisotopic (exact) mass is 493 g/mol. The van der Waals surface area contributed by atoms with Crippen LogP contribution in [-0.2, 0) is 23.3 Å². The van der Waals surface area contributed by atoms with Gasteiger partial charge in [-0.05, 0) is 0 Å². The molecule has 0 amide bonds. The van der Waals surface area contributed by atoms with Crippen molar-refractivity contribution in [2.75, 3.05) is 58.1 Å². The van der Waals surface area contributed by atoms with Crippen LogP contribution in [0.1, 0.15) is 0 Å². The van der Waals surface area contributed by atoms with Gasteiger partial charge in [0.25, 0.3) is 0 Å². The van der Waals surface area contributed by atoms with E-state index in [0.29, 0.717) is 9.80 Å². The third-order valence-corrected chi connectivity index (χ3v) is 5.53. The summed E-state index contributed by atoms with van der Waals surface area (Å²) >= 11 is 0. The van der Waals surface area contributed by atoms with Gasteiger partial charge in [0.1, 0.15) is 0 Å². The molecule has 0 saturated heterocycles. The van der Waals surface area contributed by atoms with Gasteiger partial charge < -0.3 is 62.9 Å². The van der Waals surface area contributed by atoms with Crippen LogP contribution in [0.3, 0.4) is 0 Å². The van der Waals surface area contributed by atoms with Crippen molar-refractivity contribution in [2.24, 2.45) is 0 Å². The van der Waals surface area contributed by atoms with Crippen molar-refractivity contribution in [3.8, 4) is 0 Å². The Bertz CT molecular complexity index is 668. The molecule has 0 fully saturated rings. The van der Waals surface area contributed by atoms with Gasteiger partial charge >= 0.3 is 0 Å². The molecular weight excluding hydrogens is 475 g/mol. The Morgan fingerprint density at radius 3 is 1.00 bits per heavy atom. The molecule has 0 aliphatic carbocycles. The highest BCUT2D eigenvalue weighted by Gasteiger charge is 2.15. The lowest BCUT2D eigenvalue weighted by Gasteiger charge is -2.40. The number of aliphatic carboxylic acids is 2. The van der Waals surface area contributed by atoms with Gasteiger partial charge in [0.15, 0.2) is 0 Å². The van der Waals surface area contributed by atoms with Gasteiger partial charge in [-0.15, -0.1) is 0 Å². The molecule has 0 bridgehead atoms. The van der Waals surface area contributed by atoms with E-state index < -0.39 is 92.9 Å². The summed E-state index contributed by atoms with van der Waals surface area (Å²) in [5.74, 6) is -3.48. The fraction of sp³-hybridized carbons (Fsp3) is 0.818. The molecule has 0 atom stereocenters. The summed E-state index contributed by atoms with van der Waals surface area (Å²) in [5, 5.41) is 21.3. The quantitative estimate of drug-likeness (QED) is 0.180. The zero-order valence-electron chi connectivity index (χ0n) is 15.4. The second kappa shape index (κ2) is 12.3. The smallest absolute Gasteiger partial charge is 0.0555 e. The lowest BCUT2D eigenvalue weighted by atomic mass is 10.4. The lowest BCUT2D eigenvalue weighted by molar-refractivity contribution is -0.319. The van der Waals surface area contributed by atoms with Gasteiger partial charge in [-0.3, -0.25) is 14.7 Å². The second-order valence-corrected chi connectivity index (χ2v) is 10.7. The van der Waals surface area contributed by atoms with Gasteiger partial charge in [-0.2, -0.15) is 0 Å². The topological polar surface area (TPSA) is 280 Å². The molecule has 0 aromatic rings. The minimum Gasteiger partial charge on any atom is -0.810 e. The van der Waals surface area contributed by atoms with Crippen molar-refractivity contribution in [1.82, 2.24) is 14.7 Å². The van der Waals surface area contributed by atoms with Gasteiger partial charge in [-0.1, -0.05) is 22.8 Å². The summed E-state index contributed by atoms with van der Waals surface area (Å²) < 4.78 is 32.8. The van der Waals surface area contributed by atoms with E-state index in [0.717, 1.165) is 4.90 Å². The molecule has 178 valence electrons. The molecule has 0 N–H and O–H groups in total. The standard InChI is InChI=1S/C11H26N3O13P3/c15-10(16)5-13(8-29(22,23)24)3-1-12(7-28(19,20)21)2-4-14(6-11(17)18)9-30(25,26)27/h1-9H2,(H,15,16)(H,17,18)(H2,19,20,21)(H2,22,23,24)(H2,25,26,27)/p-8. The first-order valence-electron chi connectivity index (χ1n) is 7.96. The zero-order valence-corrected chi connectivity index (χ0v) is 18.0. The van der Waals surface area contributed by atoms with Crippen molar-refractivity contribution in [3.05, 3.63) is 0 Å². The number of nitrogens with zero attached hydrogens (tertiary/aromatic N) is 3. The summed E-state index contributed by atoms with van der Waals surface area (Å²) in [6, 6.07) is 0. The van der Waals surface area contributed by atoms with Crippen molar-refractivity contribution in [1.29, 1.82) is 0 Å². The van der Waals surface area contributed by atoms with E-state index in [2.05, 4.69) is 0 Å². The van der Waals surface area contributed by atoms with Gasteiger partial charge in [0, 0.05) is 58.1 Å². The molecule has 0 unspecified atom stereocenters. The third kappa shape index (κ3) is 18.1. The summed E-state index contributed by atoms with van der Waals surface area (Å²) in [6.45, 7) is -4.00. The highest BCUT2D eigenvalue weighted by molar-refractivity contribution is 7.49. The normalized spacial score (nSPS) is 13.4. The molecule has 0 radical (unpaired) electrons. The molecule has 0 aromatic heterocycles. The Morgan fingerprint density at radius 2 is 0.767 bits per heavy atom. The van der Waals surface area contributed by atoms with Crippen LogP contribution >= 0.6 is 22.8 Å². The predicted molar refractivity (Wildman–Crippen MR) is 82.2 cm³/mol. The molecule has 0 aliphatic rings. The molecule has 0 heterocycles. The largest absolute Gasteiger partial charge is 0.810 e. The SMILES string of the molecule is O=C([O-])CN(CCN(CCN(CC(=O)[O-])CP(=O)([O-])[O-])CP(=O)([O-])[O-])CP(=O)([O-])[O-]. The summed E-state index contributed by atoms with van der Waals surface area (Å²) in [6.07, 6.45) is -3.62. The maximum absolute atomic E-state index is 11.1. The van der Waals surface area contributed by atoms with Gasteiger partial charge in [0.2, 0.25) is 0 Å². The molecule has 19 heteroatoms. The Labute approximate surface area is 171 Å². The number of rotatable bonds is 16. The summed E-state index contributed by atoms with van der Waals surface area (Å²) in [5.41, 5.74) is 0. The third-order valence-electron chi connectivity index (χ3n) is 3.29. The number of hydrogen-bond acceptors (Lipinski definition) is 16. The van der Waals surface area contributed by atoms with E-state index in [1.54, 1.807) is 0 Å². The van der Waals surface area contributed by atoms with Crippen LogP contribution in [0, 0.1) is 0 Å². The van der Waals surface area contributed by atoms with E-state index in [1.165, 1.54) is 0 Å². The van der Waals surface area contributed by atoms with Crippen LogP contribution in [-0.4, -0.2) is 84.8 Å². The first-order chi connectivity index (χ1) is 13.4.